The number of ether oxygens (including phenoxy) is 2. The molecular formula is C22H24NO4+. The summed E-state index contributed by atoms with van der Waals surface area (Å²) in [6, 6.07) is 11.8. The van der Waals surface area contributed by atoms with Gasteiger partial charge in [0.25, 0.3) is 0 Å². The first-order valence-corrected chi connectivity index (χ1v) is 9.28. The lowest BCUT2D eigenvalue weighted by atomic mass is 9.99. The second kappa shape index (κ2) is 7.08. The zero-order valence-corrected chi connectivity index (χ0v) is 15.9. The van der Waals surface area contributed by atoms with E-state index in [4.69, 9.17) is 13.9 Å². The molecule has 0 bridgehead atoms. The van der Waals surface area contributed by atoms with E-state index in [2.05, 4.69) is 19.1 Å². The number of methoxy groups -OCH3 is 1. The average molecular weight is 366 g/mol. The summed E-state index contributed by atoms with van der Waals surface area (Å²) >= 11 is 0. The van der Waals surface area contributed by atoms with Crippen molar-refractivity contribution < 1.29 is 18.8 Å². The predicted octanol–water partition coefficient (Wildman–Crippen LogP) is 2.61. The molecule has 0 saturated heterocycles. The van der Waals surface area contributed by atoms with Crippen LogP contribution < -0.4 is 20.0 Å². The molecule has 1 atom stereocenters. The SMILES string of the molecule is CCc1cc(=O)oc2c(C)c3c(cc12)C[NH+](Cc1ccccc1OC)CO3. The third kappa shape index (κ3) is 3.19. The lowest BCUT2D eigenvalue weighted by molar-refractivity contribution is -0.945. The fourth-order valence-electron chi connectivity index (χ4n) is 3.92. The van der Waals surface area contributed by atoms with E-state index in [0.717, 1.165) is 53.1 Å². The Bertz CT molecular complexity index is 1050. The van der Waals surface area contributed by atoms with Gasteiger partial charge in [0.05, 0.1) is 7.11 Å². The van der Waals surface area contributed by atoms with E-state index in [-0.39, 0.29) is 5.63 Å². The predicted molar refractivity (Wildman–Crippen MR) is 103 cm³/mol. The van der Waals surface area contributed by atoms with E-state index >= 15 is 0 Å². The molecule has 27 heavy (non-hydrogen) atoms. The van der Waals surface area contributed by atoms with Crippen LogP contribution in [0.15, 0.2) is 45.6 Å². The lowest BCUT2D eigenvalue weighted by Crippen LogP contribution is -3.10. The van der Waals surface area contributed by atoms with Gasteiger partial charge in [0.1, 0.15) is 30.2 Å². The van der Waals surface area contributed by atoms with Gasteiger partial charge in [0.15, 0.2) is 0 Å². The topological polar surface area (TPSA) is 53.1 Å². The highest BCUT2D eigenvalue weighted by atomic mass is 16.5. The number of rotatable bonds is 4. The quantitative estimate of drug-likeness (QED) is 0.721. The molecule has 0 fully saturated rings. The minimum Gasteiger partial charge on any atom is -0.496 e. The molecule has 5 nitrogen and oxygen atoms in total. The molecule has 0 radical (unpaired) electrons. The van der Waals surface area contributed by atoms with Gasteiger partial charge in [0.2, 0.25) is 6.73 Å². The van der Waals surface area contributed by atoms with Crippen molar-refractivity contribution in [1.29, 1.82) is 0 Å². The third-order valence-corrected chi connectivity index (χ3v) is 5.25. The van der Waals surface area contributed by atoms with Crippen LogP contribution in [0.3, 0.4) is 0 Å². The largest absolute Gasteiger partial charge is 0.496 e. The molecule has 2 aromatic carbocycles. The molecule has 1 aromatic heterocycles. The van der Waals surface area contributed by atoms with Gasteiger partial charge in [-0.2, -0.15) is 0 Å². The van der Waals surface area contributed by atoms with Crippen LogP contribution in [0.2, 0.25) is 0 Å². The van der Waals surface area contributed by atoms with E-state index < -0.39 is 0 Å². The summed E-state index contributed by atoms with van der Waals surface area (Å²) in [7, 11) is 1.70. The molecule has 0 amide bonds. The Morgan fingerprint density at radius 3 is 2.78 bits per heavy atom. The molecule has 1 N–H and O–H groups in total. The fourth-order valence-corrected chi connectivity index (χ4v) is 3.92. The van der Waals surface area contributed by atoms with Crippen molar-refractivity contribution in [3.8, 4) is 11.5 Å². The van der Waals surface area contributed by atoms with Crippen molar-refractivity contribution in [2.24, 2.45) is 0 Å². The Hall–Kier alpha value is -2.79. The van der Waals surface area contributed by atoms with Crippen LogP contribution in [0.5, 0.6) is 11.5 Å². The van der Waals surface area contributed by atoms with Crippen LogP contribution >= 0.6 is 0 Å². The number of nitrogens with one attached hydrogen (secondary N) is 1. The van der Waals surface area contributed by atoms with Gasteiger partial charge in [0, 0.05) is 28.1 Å². The van der Waals surface area contributed by atoms with Gasteiger partial charge in [-0.1, -0.05) is 19.1 Å². The highest BCUT2D eigenvalue weighted by molar-refractivity contribution is 5.86. The van der Waals surface area contributed by atoms with E-state index in [1.807, 2.05) is 25.1 Å². The second-order valence-electron chi connectivity index (χ2n) is 7.01. The summed E-state index contributed by atoms with van der Waals surface area (Å²) in [5.41, 5.74) is 4.59. The van der Waals surface area contributed by atoms with E-state index in [9.17, 15) is 4.79 Å². The molecule has 3 aromatic rings. The molecule has 1 unspecified atom stereocenters. The number of hydrogen-bond acceptors (Lipinski definition) is 4. The van der Waals surface area contributed by atoms with Crippen LogP contribution in [0.1, 0.15) is 29.2 Å². The maximum Gasteiger partial charge on any atom is 0.336 e. The minimum atomic E-state index is -0.304. The number of benzene rings is 2. The molecule has 2 heterocycles. The van der Waals surface area contributed by atoms with Gasteiger partial charge in [-0.05, 0) is 37.1 Å². The van der Waals surface area contributed by atoms with Gasteiger partial charge in [-0.3, -0.25) is 4.90 Å². The summed E-state index contributed by atoms with van der Waals surface area (Å²) in [6.45, 7) is 6.26. The Kier molecular flexibility index (Phi) is 4.62. The molecule has 0 aliphatic carbocycles. The summed E-state index contributed by atoms with van der Waals surface area (Å²) in [4.78, 5) is 13.2. The first-order valence-electron chi connectivity index (χ1n) is 9.28. The monoisotopic (exact) mass is 366 g/mol. The van der Waals surface area contributed by atoms with Crippen molar-refractivity contribution in [1.82, 2.24) is 0 Å². The van der Waals surface area contributed by atoms with E-state index in [1.165, 1.54) is 10.5 Å². The van der Waals surface area contributed by atoms with Crippen molar-refractivity contribution in [3.63, 3.8) is 0 Å². The maximum atomic E-state index is 11.9. The highest BCUT2D eigenvalue weighted by Gasteiger charge is 2.26. The summed E-state index contributed by atoms with van der Waals surface area (Å²) in [6.07, 6.45) is 0.791. The second-order valence-corrected chi connectivity index (χ2v) is 7.01. The zero-order valence-electron chi connectivity index (χ0n) is 15.9. The minimum absolute atomic E-state index is 0.304. The lowest BCUT2D eigenvalue weighted by Gasteiger charge is -2.28. The maximum absolute atomic E-state index is 11.9. The van der Waals surface area contributed by atoms with Crippen molar-refractivity contribution in [3.05, 3.63) is 69.1 Å². The third-order valence-electron chi connectivity index (χ3n) is 5.25. The molecule has 140 valence electrons. The smallest absolute Gasteiger partial charge is 0.336 e. The first-order chi connectivity index (χ1) is 13.1. The molecule has 4 rings (SSSR count). The Morgan fingerprint density at radius 1 is 1.19 bits per heavy atom. The van der Waals surface area contributed by atoms with Gasteiger partial charge in [-0.25, -0.2) is 4.79 Å². The van der Waals surface area contributed by atoms with Crippen LogP contribution in [0, 0.1) is 6.92 Å². The van der Waals surface area contributed by atoms with Crippen LogP contribution in [0.4, 0.5) is 0 Å². The molecule has 5 heteroatoms. The number of fused-ring (bicyclic) bond motifs is 2. The number of hydrogen-bond donors (Lipinski definition) is 1. The Labute approximate surface area is 158 Å². The molecule has 1 aliphatic rings. The van der Waals surface area contributed by atoms with Crippen molar-refractivity contribution in [2.45, 2.75) is 33.4 Å². The van der Waals surface area contributed by atoms with Crippen LogP contribution in [-0.2, 0) is 19.5 Å². The number of para-hydroxylation sites is 1. The molecule has 0 spiro atoms. The van der Waals surface area contributed by atoms with Crippen LogP contribution in [0.25, 0.3) is 11.0 Å². The zero-order chi connectivity index (χ0) is 19.0. The molecular weight excluding hydrogens is 342 g/mol. The standard InChI is InChI=1S/C22H23NO4/c1-4-15-10-20(24)27-22-14(2)21-17(9-18(15)22)12-23(13-26-21)11-16-7-5-6-8-19(16)25-3/h5-10H,4,11-13H2,1-3H3/p+1. The van der Waals surface area contributed by atoms with Crippen molar-refractivity contribution >= 4 is 11.0 Å². The summed E-state index contributed by atoms with van der Waals surface area (Å²) in [5.74, 6) is 1.75. The number of quaternary nitrogens is 1. The van der Waals surface area contributed by atoms with E-state index in [1.54, 1.807) is 13.2 Å². The molecule has 0 saturated carbocycles. The van der Waals surface area contributed by atoms with Crippen LogP contribution in [-0.4, -0.2) is 13.8 Å². The highest BCUT2D eigenvalue weighted by Crippen LogP contribution is 2.33. The molecule has 1 aliphatic heterocycles. The van der Waals surface area contributed by atoms with Gasteiger partial charge < -0.3 is 13.9 Å². The fraction of sp³-hybridized carbons (Fsp3) is 0.318. The first kappa shape index (κ1) is 17.6. The van der Waals surface area contributed by atoms with Gasteiger partial charge >= 0.3 is 5.63 Å². The summed E-state index contributed by atoms with van der Waals surface area (Å²) in [5, 5.41) is 1.01. The normalized spacial score (nSPS) is 16.0. The Morgan fingerprint density at radius 2 is 2.00 bits per heavy atom. The van der Waals surface area contributed by atoms with Gasteiger partial charge in [-0.15, -0.1) is 0 Å². The summed E-state index contributed by atoms with van der Waals surface area (Å²) < 4.78 is 17.1. The number of aryl methyl sites for hydroxylation is 2. The van der Waals surface area contributed by atoms with E-state index in [0.29, 0.717) is 12.3 Å². The Balaban J connectivity index is 1.71. The average Bonchev–Trinajstić information content (AvgIpc) is 2.68. The van der Waals surface area contributed by atoms with Crippen molar-refractivity contribution in [2.75, 3.05) is 13.8 Å².